The van der Waals surface area contributed by atoms with E-state index in [2.05, 4.69) is 32.7 Å². The Morgan fingerprint density at radius 2 is 1.62 bits per heavy atom. The highest BCUT2D eigenvalue weighted by Gasteiger charge is 2.51. The van der Waals surface area contributed by atoms with E-state index < -0.39 is 0 Å². The van der Waals surface area contributed by atoms with Crippen LogP contribution in [0.25, 0.3) is 11.3 Å². The molecule has 2 aromatic rings. The SMILES string of the molecule is CC1(C)OB(c2ccc(-c3cnc(C4CCCC4)n3O)cc2)OC1(C)C. The van der Waals surface area contributed by atoms with Gasteiger partial charge in [0.2, 0.25) is 0 Å². The highest BCUT2D eigenvalue weighted by atomic mass is 16.7. The Hall–Kier alpha value is -1.79. The maximum Gasteiger partial charge on any atom is 0.494 e. The molecule has 1 aliphatic carbocycles. The van der Waals surface area contributed by atoms with Crippen LogP contribution in [-0.4, -0.2) is 33.2 Å². The van der Waals surface area contributed by atoms with Crippen LogP contribution in [-0.2, 0) is 9.31 Å². The molecule has 1 aromatic carbocycles. The third kappa shape index (κ3) is 2.85. The zero-order chi connectivity index (χ0) is 18.5. The van der Waals surface area contributed by atoms with Gasteiger partial charge in [-0.3, -0.25) is 0 Å². The molecule has 4 rings (SSSR count). The molecule has 138 valence electrons. The molecule has 0 radical (unpaired) electrons. The van der Waals surface area contributed by atoms with Crippen molar-refractivity contribution >= 4 is 12.6 Å². The minimum Gasteiger partial charge on any atom is -0.427 e. The van der Waals surface area contributed by atoms with Crippen LogP contribution in [0.3, 0.4) is 0 Å². The summed E-state index contributed by atoms with van der Waals surface area (Å²) < 4.78 is 13.5. The van der Waals surface area contributed by atoms with E-state index in [1.54, 1.807) is 6.20 Å². The van der Waals surface area contributed by atoms with Crippen LogP contribution in [0, 0.1) is 0 Å². The number of hydrogen-bond donors (Lipinski definition) is 1. The van der Waals surface area contributed by atoms with Crippen molar-refractivity contribution in [2.24, 2.45) is 0 Å². The van der Waals surface area contributed by atoms with E-state index in [1.807, 2.05) is 24.3 Å². The molecular formula is C20H27BN2O3. The number of nitrogens with zero attached hydrogens (tertiary/aromatic N) is 2. The van der Waals surface area contributed by atoms with Gasteiger partial charge in [-0.2, -0.15) is 4.73 Å². The molecule has 0 atom stereocenters. The Morgan fingerprint density at radius 1 is 1.04 bits per heavy atom. The first-order chi connectivity index (χ1) is 12.3. The number of aromatic nitrogens is 2. The Morgan fingerprint density at radius 3 is 2.19 bits per heavy atom. The van der Waals surface area contributed by atoms with Crippen molar-refractivity contribution < 1.29 is 14.5 Å². The summed E-state index contributed by atoms with van der Waals surface area (Å²) in [6.07, 6.45) is 6.42. The molecule has 1 aromatic heterocycles. The van der Waals surface area contributed by atoms with Crippen molar-refractivity contribution in [3.63, 3.8) is 0 Å². The number of rotatable bonds is 3. The maximum absolute atomic E-state index is 10.6. The van der Waals surface area contributed by atoms with Crippen molar-refractivity contribution in [3.8, 4) is 11.3 Å². The van der Waals surface area contributed by atoms with Crippen molar-refractivity contribution in [1.82, 2.24) is 9.71 Å². The average molecular weight is 354 g/mol. The van der Waals surface area contributed by atoms with Gasteiger partial charge in [-0.15, -0.1) is 0 Å². The van der Waals surface area contributed by atoms with Gasteiger partial charge in [0.15, 0.2) is 0 Å². The maximum atomic E-state index is 10.6. The summed E-state index contributed by atoms with van der Waals surface area (Å²) in [6, 6.07) is 7.98. The minimum atomic E-state index is -0.373. The van der Waals surface area contributed by atoms with E-state index in [4.69, 9.17) is 9.31 Å². The molecule has 0 amide bonds. The summed E-state index contributed by atoms with van der Waals surface area (Å²) >= 11 is 0. The van der Waals surface area contributed by atoms with Gasteiger partial charge in [0.1, 0.15) is 11.5 Å². The van der Waals surface area contributed by atoms with Crippen molar-refractivity contribution in [3.05, 3.63) is 36.3 Å². The first-order valence-corrected chi connectivity index (χ1v) is 9.51. The highest BCUT2D eigenvalue weighted by Crippen LogP contribution is 2.37. The molecule has 5 nitrogen and oxygen atoms in total. The highest BCUT2D eigenvalue weighted by molar-refractivity contribution is 6.62. The van der Waals surface area contributed by atoms with Gasteiger partial charge >= 0.3 is 7.12 Å². The molecule has 1 aliphatic heterocycles. The molecule has 1 saturated carbocycles. The van der Waals surface area contributed by atoms with E-state index >= 15 is 0 Å². The fourth-order valence-electron chi connectivity index (χ4n) is 3.81. The molecule has 26 heavy (non-hydrogen) atoms. The van der Waals surface area contributed by atoms with E-state index in [-0.39, 0.29) is 18.3 Å². The Kier molecular flexibility index (Phi) is 4.16. The standard InChI is InChI=1S/C20H27BN2O3/c1-19(2)20(3,4)26-21(25-19)16-11-9-14(10-12-16)17-13-22-18(23(17)24)15-7-5-6-8-15/h9-13,15,24H,5-8H2,1-4H3. The summed E-state index contributed by atoms with van der Waals surface area (Å²) in [4.78, 5) is 4.48. The monoisotopic (exact) mass is 354 g/mol. The van der Waals surface area contributed by atoms with Gasteiger partial charge in [0.25, 0.3) is 0 Å². The Balaban J connectivity index is 1.56. The molecule has 1 N–H and O–H groups in total. The Bertz CT molecular complexity index is 776. The van der Waals surface area contributed by atoms with Crippen LogP contribution in [0.2, 0.25) is 0 Å². The van der Waals surface area contributed by atoms with Crippen molar-refractivity contribution in [2.75, 3.05) is 0 Å². The quantitative estimate of drug-likeness (QED) is 0.674. The van der Waals surface area contributed by atoms with Gasteiger partial charge in [-0.05, 0) is 46.0 Å². The molecule has 6 heteroatoms. The predicted octanol–water partition coefficient (Wildman–Crippen LogP) is 3.74. The van der Waals surface area contributed by atoms with E-state index in [1.165, 1.54) is 17.6 Å². The molecule has 2 fully saturated rings. The molecule has 1 saturated heterocycles. The largest absolute Gasteiger partial charge is 0.494 e. The second-order valence-corrected chi connectivity index (χ2v) is 8.51. The third-order valence-corrected chi connectivity index (χ3v) is 6.22. The fourth-order valence-corrected chi connectivity index (χ4v) is 3.81. The van der Waals surface area contributed by atoms with Crippen LogP contribution in [0.1, 0.15) is 65.1 Å². The summed E-state index contributed by atoms with van der Waals surface area (Å²) in [5.41, 5.74) is 1.94. The zero-order valence-electron chi connectivity index (χ0n) is 16.0. The van der Waals surface area contributed by atoms with Crippen LogP contribution < -0.4 is 5.46 Å². The predicted molar refractivity (Wildman–Crippen MR) is 102 cm³/mol. The van der Waals surface area contributed by atoms with Gasteiger partial charge in [0.05, 0.1) is 17.4 Å². The second kappa shape index (κ2) is 6.13. The molecule has 2 heterocycles. The summed E-state index contributed by atoms with van der Waals surface area (Å²) in [7, 11) is -0.373. The first-order valence-electron chi connectivity index (χ1n) is 9.51. The van der Waals surface area contributed by atoms with E-state index in [0.717, 1.165) is 35.4 Å². The van der Waals surface area contributed by atoms with E-state index in [0.29, 0.717) is 5.92 Å². The topological polar surface area (TPSA) is 56.5 Å². The molecular weight excluding hydrogens is 327 g/mol. The van der Waals surface area contributed by atoms with Gasteiger partial charge < -0.3 is 14.5 Å². The Labute approximate surface area is 155 Å². The van der Waals surface area contributed by atoms with Gasteiger partial charge in [-0.25, -0.2) is 4.98 Å². The number of benzene rings is 1. The second-order valence-electron chi connectivity index (χ2n) is 8.51. The molecule has 0 bridgehead atoms. The summed E-state index contributed by atoms with van der Waals surface area (Å²) in [5.74, 6) is 1.16. The van der Waals surface area contributed by atoms with Crippen molar-refractivity contribution in [2.45, 2.75) is 70.5 Å². The molecule has 0 unspecified atom stereocenters. The van der Waals surface area contributed by atoms with Crippen LogP contribution >= 0.6 is 0 Å². The summed E-state index contributed by atoms with van der Waals surface area (Å²) in [6.45, 7) is 8.21. The fraction of sp³-hybridized carbons (Fsp3) is 0.550. The lowest BCUT2D eigenvalue weighted by Crippen LogP contribution is -2.41. The zero-order valence-corrected chi connectivity index (χ0v) is 16.0. The number of hydrogen-bond acceptors (Lipinski definition) is 4. The van der Waals surface area contributed by atoms with Crippen LogP contribution in [0.4, 0.5) is 0 Å². The van der Waals surface area contributed by atoms with Crippen LogP contribution in [0.15, 0.2) is 30.5 Å². The van der Waals surface area contributed by atoms with Crippen molar-refractivity contribution in [1.29, 1.82) is 0 Å². The van der Waals surface area contributed by atoms with Gasteiger partial charge in [-0.1, -0.05) is 37.1 Å². The third-order valence-electron chi connectivity index (χ3n) is 6.22. The smallest absolute Gasteiger partial charge is 0.427 e. The lowest BCUT2D eigenvalue weighted by atomic mass is 9.79. The minimum absolute atomic E-state index is 0.351. The normalized spacial score (nSPS) is 22.2. The van der Waals surface area contributed by atoms with E-state index in [9.17, 15) is 5.21 Å². The van der Waals surface area contributed by atoms with Crippen LogP contribution in [0.5, 0.6) is 0 Å². The lowest BCUT2D eigenvalue weighted by molar-refractivity contribution is 0.00578. The lowest BCUT2D eigenvalue weighted by Gasteiger charge is -2.32. The summed E-state index contributed by atoms with van der Waals surface area (Å²) in [5, 5.41) is 10.6. The molecule has 0 spiro atoms. The molecule has 2 aliphatic rings. The average Bonchev–Trinajstić information content (AvgIpc) is 3.27. The first kappa shape index (κ1) is 17.6. The van der Waals surface area contributed by atoms with Gasteiger partial charge in [0, 0.05) is 11.5 Å². The number of imidazole rings is 1.